The fourth-order valence-corrected chi connectivity index (χ4v) is 4.48. The minimum Gasteiger partial charge on any atom is -0.338 e. The molecular weight excluding hydrogens is 314 g/mol. The quantitative estimate of drug-likeness (QED) is 0.933. The third-order valence-corrected chi connectivity index (χ3v) is 5.72. The topological polar surface area (TPSA) is 64.9 Å². The van der Waals surface area contributed by atoms with Crippen LogP contribution in [0.3, 0.4) is 0 Å². The van der Waals surface area contributed by atoms with Gasteiger partial charge in [-0.1, -0.05) is 29.4 Å². The average Bonchev–Trinajstić information content (AvgIpc) is 2.98. The van der Waals surface area contributed by atoms with Crippen molar-refractivity contribution in [3.63, 3.8) is 0 Å². The summed E-state index contributed by atoms with van der Waals surface area (Å²) in [6.07, 6.45) is 0. The summed E-state index contributed by atoms with van der Waals surface area (Å²) in [6, 6.07) is 7.96. The van der Waals surface area contributed by atoms with Crippen molar-refractivity contribution < 1.29 is 4.52 Å². The van der Waals surface area contributed by atoms with Gasteiger partial charge in [-0.15, -0.1) is 24.2 Å². The second-order valence-electron chi connectivity index (χ2n) is 4.29. The SMILES string of the molecule is Cl.NCc1ccc(-c2noc(C3CSCCS3)n2)cc1. The van der Waals surface area contributed by atoms with Crippen LogP contribution in [0.25, 0.3) is 11.4 Å². The molecule has 20 heavy (non-hydrogen) atoms. The van der Waals surface area contributed by atoms with E-state index in [0.29, 0.717) is 17.6 Å². The predicted molar refractivity (Wildman–Crippen MR) is 87.4 cm³/mol. The number of halogens is 1. The van der Waals surface area contributed by atoms with E-state index in [0.717, 1.165) is 28.5 Å². The lowest BCUT2D eigenvalue weighted by molar-refractivity contribution is 0.381. The zero-order valence-corrected chi connectivity index (χ0v) is 13.3. The van der Waals surface area contributed by atoms with Crippen LogP contribution in [0, 0.1) is 0 Å². The van der Waals surface area contributed by atoms with Crippen molar-refractivity contribution in [2.45, 2.75) is 11.8 Å². The molecule has 0 spiro atoms. The number of nitrogens with zero attached hydrogens (tertiary/aromatic N) is 2. The van der Waals surface area contributed by atoms with Crippen molar-refractivity contribution >= 4 is 35.9 Å². The highest BCUT2D eigenvalue weighted by atomic mass is 35.5. The monoisotopic (exact) mass is 329 g/mol. The predicted octanol–water partition coefficient (Wildman–Crippen LogP) is 3.14. The van der Waals surface area contributed by atoms with E-state index in [9.17, 15) is 0 Å². The smallest absolute Gasteiger partial charge is 0.240 e. The molecule has 1 atom stereocenters. The van der Waals surface area contributed by atoms with Gasteiger partial charge in [0.2, 0.25) is 11.7 Å². The largest absolute Gasteiger partial charge is 0.338 e. The number of hydrogen-bond donors (Lipinski definition) is 1. The maximum atomic E-state index is 5.59. The summed E-state index contributed by atoms with van der Waals surface area (Å²) in [5, 5.41) is 4.41. The van der Waals surface area contributed by atoms with Crippen molar-refractivity contribution in [1.29, 1.82) is 0 Å². The van der Waals surface area contributed by atoms with Gasteiger partial charge in [-0.2, -0.15) is 16.7 Å². The molecule has 2 aromatic rings. The van der Waals surface area contributed by atoms with Gasteiger partial charge in [0.05, 0.1) is 5.25 Å². The van der Waals surface area contributed by atoms with Crippen molar-refractivity contribution in [2.75, 3.05) is 17.3 Å². The first-order valence-corrected chi connectivity index (χ1v) is 8.39. The van der Waals surface area contributed by atoms with E-state index in [1.165, 1.54) is 5.75 Å². The van der Waals surface area contributed by atoms with E-state index >= 15 is 0 Å². The molecule has 1 unspecified atom stereocenters. The molecule has 0 bridgehead atoms. The Labute approximate surface area is 132 Å². The molecule has 0 amide bonds. The van der Waals surface area contributed by atoms with Crippen LogP contribution < -0.4 is 5.73 Å². The molecule has 108 valence electrons. The molecule has 0 radical (unpaired) electrons. The third-order valence-electron chi connectivity index (χ3n) is 2.98. The van der Waals surface area contributed by atoms with E-state index in [1.54, 1.807) is 0 Å². The van der Waals surface area contributed by atoms with Crippen molar-refractivity contribution in [3.05, 3.63) is 35.7 Å². The van der Waals surface area contributed by atoms with E-state index in [4.69, 9.17) is 10.3 Å². The summed E-state index contributed by atoms with van der Waals surface area (Å²) in [4.78, 5) is 4.52. The zero-order valence-electron chi connectivity index (χ0n) is 10.8. The molecule has 0 aliphatic carbocycles. The van der Waals surface area contributed by atoms with Crippen molar-refractivity contribution in [1.82, 2.24) is 10.1 Å². The van der Waals surface area contributed by atoms with Gasteiger partial charge in [-0.25, -0.2) is 0 Å². The van der Waals surface area contributed by atoms with Gasteiger partial charge in [-0.05, 0) is 5.56 Å². The Balaban J connectivity index is 0.00000147. The van der Waals surface area contributed by atoms with E-state index in [-0.39, 0.29) is 12.4 Å². The van der Waals surface area contributed by atoms with E-state index < -0.39 is 0 Å². The van der Waals surface area contributed by atoms with Crippen LogP contribution in [-0.4, -0.2) is 27.4 Å². The fourth-order valence-electron chi connectivity index (χ4n) is 1.90. The molecule has 1 aliphatic rings. The van der Waals surface area contributed by atoms with Crippen LogP contribution in [0.1, 0.15) is 16.7 Å². The number of thioether (sulfide) groups is 2. The van der Waals surface area contributed by atoms with Crippen LogP contribution in [0.5, 0.6) is 0 Å². The maximum absolute atomic E-state index is 5.59. The standard InChI is InChI=1S/C13H15N3OS2.ClH/c14-7-9-1-3-10(4-2-9)12-15-13(17-16-12)11-8-18-5-6-19-11;/h1-4,11H,5-8,14H2;1H. The van der Waals surface area contributed by atoms with E-state index in [2.05, 4.69) is 10.1 Å². The molecule has 3 rings (SSSR count). The second kappa shape index (κ2) is 7.36. The Kier molecular flexibility index (Phi) is 5.77. The maximum Gasteiger partial charge on any atom is 0.240 e. The lowest BCUT2D eigenvalue weighted by atomic mass is 10.1. The van der Waals surface area contributed by atoms with Gasteiger partial charge in [0.25, 0.3) is 0 Å². The average molecular weight is 330 g/mol. The summed E-state index contributed by atoms with van der Waals surface area (Å²) >= 11 is 3.84. The normalized spacial score (nSPS) is 18.6. The summed E-state index contributed by atoms with van der Waals surface area (Å²) in [5.74, 6) is 4.82. The highest BCUT2D eigenvalue weighted by molar-refractivity contribution is 8.06. The molecule has 1 aliphatic heterocycles. The molecule has 1 aromatic carbocycles. The number of aromatic nitrogens is 2. The molecule has 4 nitrogen and oxygen atoms in total. The first-order valence-electron chi connectivity index (χ1n) is 6.19. The molecule has 1 saturated heterocycles. The molecule has 1 fully saturated rings. The highest BCUT2D eigenvalue weighted by Crippen LogP contribution is 2.36. The van der Waals surface area contributed by atoms with Gasteiger partial charge in [0.15, 0.2) is 0 Å². The first-order chi connectivity index (χ1) is 9.36. The summed E-state index contributed by atoms with van der Waals surface area (Å²) in [7, 11) is 0. The molecular formula is C13H16ClN3OS2. The summed E-state index contributed by atoms with van der Waals surface area (Å²) < 4.78 is 5.40. The first kappa shape index (κ1) is 15.7. The summed E-state index contributed by atoms with van der Waals surface area (Å²) in [6.45, 7) is 0.549. The third kappa shape index (κ3) is 3.49. The molecule has 1 aromatic heterocycles. The Morgan fingerprint density at radius 3 is 2.70 bits per heavy atom. The Morgan fingerprint density at radius 1 is 1.25 bits per heavy atom. The van der Waals surface area contributed by atoms with Crippen LogP contribution in [0.4, 0.5) is 0 Å². The van der Waals surface area contributed by atoms with Crippen LogP contribution >= 0.6 is 35.9 Å². The molecule has 0 saturated carbocycles. The van der Waals surface area contributed by atoms with Crippen molar-refractivity contribution in [2.24, 2.45) is 5.73 Å². The number of benzene rings is 1. The van der Waals surface area contributed by atoms with Crippen LogP contribution in [0.15, 0.2) is 28.8 Å². The minimum absolute atomic E-state index is 0. The van der Waals surface area contributed by atoms with Gasteiger partial charge < -0.3 is 10.3 Å². The Hall–Kier alpha value is -0.690. The van der Waals surface area contributed by atoms with Crippen LogP contribution in [0.2, 0.25) is 0 Å². The molecule has 7 heteroatoms. The van der Waals surface area contributed by atoms with E-state index in [1.807, 2.05) is 47.8 Å². The lowest BCUT2D eigenvalue weighted by Crippen LogP contribution is -2.06. The number of rotatable bonds is 3. The second-order valence-corrected chi connectivity index (χ2v) is 6.75. The number of hydrogen-bond acceptors (Lipinski definition) is 6. The lowest BCUT2D eigenvalue weighted by Gasteiger charge is -2.16. The molecule has 2 N–H and O–H groups in total. The van der Waals surface area contributed by atoms with Gasteiger partial charge >= 0.3 is 0 Å². The highest BCUT2D eigenvalue weighted by Gasteiger charge is 2.22. The summed E-state index contributed by atoms with van der Waals surface area (Å²) in [5.41, 5.74) is 7.66. The van der Waals surface area contributed by atoms with Gasteiger partial charge in [0.1, 0.15) is 0 Å². The zero-order chi connectivity index (χ0) is 13.1. The molecule has 2 heterocycles. The van der Waals surface area contributed by atoms with Gasteiger partial charge in [-0.3, -0.25) is 0 Å². The van der Waals surface area contributed by atoms with Gasteiger partial charge in [0, 0.05) is 29.4 Å². The van der Waals surface area contributed by atoms with Crippen molar-refractivity contribution in [3.8, 4) is 11.4 Å². The Morgan fingerprint density at radius 2 is 2.05 bits per heavy atom. The Bertz CT molecular complexity index is 541. The fraction of sp³-hybridized carbons (Fsp3) is 0.385. The minimum atomic E-state index is 0. The van der Waals surface area contributed by atoms with Crippen LogP contribution in [-0.2, 0) is 6.54 Å². The number of nitrogens with two attached hydrogens (primary N) is 1.